The lowest BCUT2D eigenvalue weighted by molar-refractivity contribution is 0.183. The third kappa shape index (κ3) is 12.8. The van der Waals surface area contributed by atoms with Crippen molar-refractivity contribution in [1.29, 1.82) is 0 Å². The molecule has 0 aromatic heterocycles. The van der Waals surface area contributed by atoms with Gasteiger partial charge in [0.25, 0.3) is 0 Å². The van der Waals surface area contributed by atoms with Crippen molar-refractivity contribution in [1.82, 2.24) is 0 Å². The molecule has 0 aliphatic carbocycles. The van der Waals surface area contributed by atoms with Crippen LogP contribution in [0.4, 0.5) is 0 Å². The highest BCUT2D eigenvalue weighted by Gasteiger charge is 2.41. The Morgan fingerprint density at radius 3 is 1.71 bits per heavy atom. The smallest absolute Gasteiger partial charge is 0.322 e. The highest BCUT2D eigenvalue weighted by Crippen LogP contribution is 2.23. The molecule has 0 fully saturated rings. The van der Waals surface area contributed by atoms with Crippen LogP contribution in [0.3, 0.4) is 0 Å². The molecule has 0 saturated carbocycles. The zero-order valence-corrected chi connectivity index (χ0v) is 20.8. The number of rotatable bonds is 13. The van der Waals surface area contributed by atoms with Gasteiger partial charge >= 0.3 is 25.7 Å². The Hall–Kier alpha value is 0.491. The summed E-state index contributed by atoms with van der Waals surface area (Å²) in [6, 6.07) is 0. The Labute approximate surface area is 154 Å². The van der Waals surface area contributed by atoms with Crippen molar-refractivity contribution in [3.05, 3.63) is 0 Å². The third-order valence-corrected chi connectivity index (χ3v) is 13.4. The van der Waals surface area contributed by atoms with Crippen molar-refractivity contribution in [3.8, 4) is 0 Å². The van der Waals surface area contributed by atoms with Crippen LogP contribution < -0.4 is 0 Å². The van der Waals surface area contributed by atoms with E-state index in [2.05, 4.69) is 67.0 Å². The molecule has 1 atom stereocenters. The SMILES string of the molecule is CCC(C)CO[Si](C)(C)O[Si](C)(C)O[Si](C)(C)OCCCC(C)C. The fourth-order valence-electron chi connectivity index (χ4n) is 2.53. The highest BCUT2D eigenvalue weighted by atomic mass is 28.5. The van der Waals surface area contributed by atoms with E-state index in [1.807, 2.05) is 0 Å². The Morgan fingerprint density at radius 1 is 0.750 bits per heavy atom. The van der Waals surface area contributed by atoms with Gasteiger partial charge in [0, 0.05) is 13.2 Å². The van der Waals surface area contributed by atoms with E-state index in [9.17, 15) is 0 Å². The summed E-state index contributed by atoms with van der Waals surface area (Å²) in [6.45, 7) is 23.1. The Balaban J connectivity index is 4.42. The third-order valence-electron chi connectivity index (χ3n) is 3.77. The van der Waals surface area contributed by atoms with Crippen LogP contribution in [0.1, 0.15) is 47.0 Å². The molecule has 1 unspecified atom stereocenters. The molecule has 0 saturated heterocycles. The van der Waals surface area contributed by atoms with E-state index in [1.165, 1.54) is 6.42 Å². The molecule has 0 aromatic carbocycles. The van der Waals surface area contributed by atoms with Gasteiger partial charge in [0.05, 0.1) is 0 Å². The Kier molecular flexibility index (Phi) is 10.8. The van der Waals surface area contributed by atoms with Crippen LogP contribution in [0.5, 0.6) is 0 Å². The van der Waals surface area contributed by atoms with Gasteiger partial charge in [-0.25, -0.2) is 0 Å². The van der Waals surface area contributed by atoms with Crippen LogP contribution in [0.15, 0.2) is 0 Å². The van der Waals surface area contributed by atoms with Gasteiger partial charge in [-0.05, 0) is 64.0 Å². The highest BCUT2D eigenvalue weighted by molar-refractivity contribution is 6.84. The molecule has 0 aliphatic heterocycles. The van der Waals surface area contributed by atoms with Crippen molar-refractivity contribution in [3.63, 3.8) is 0 Å². The molecule has 0 heterocycles. The van der Waals surface area contributed by atoms with Gasteiger partial charge in [-0.15, -0.1) is 0 Å². The van der Waals surface area contributed by atoms with Gasteiger partial charge in [-0.3, -0.25) is 0 Å². The minimum absolute atomic E-state index is 0.571. The summed E-state index contributed by atoms with van der Waals surface area (Å²) in [5.74, 6) is 1.30. The molecule has 0 N–H and O–H groups in total. The van der Waals surface area contributed by atoms with Crippen molar-refractivity contribution in [2.24, 2.45) is 11.8 Å². The monoisotopic (exact) mass is 394 g/mol. The quantitative estimate of drug-likeness (QED) is 0.299. The van der Waals surface area contributed by atoms with Gasteiger partial charge in [0.2, 0.25) is 0 Å². The van der Waals surface area contributed by atoms with Gasteiger partial charge < -0.3 is 17.1 Å². The van der Waals surface area contributed by atoms with E-state index in [0.717, 1.165) is 32.0 Å². The van der Waals surface area contributed by atoms with Crippen molar-refractivity contribution >= 4 is 25.7 Å². The van der Waals surface area contributed by atoms with E-state index >= 15 is 0 Å². The first-order valence-corrected chi connectivity index (χ1v) is 17.9. The Morgan fingerprint density at radius 2 is 1.25 bits per heavy atom. The molecule has 0 bridgehead atoms. The average Bonchev–Trinajstić information content (AvgIpc) is 2.38. The van der Waals surface area contributed by atoms with Crippen molar-refractivity contribution < 1.29 is 17.1 Å². The standard InChI is InChI=1S/C17H42O4Si3/c1-11-17(4)15-19-23(7,8)21-24(9,10)20-22(5,6)18-14-12-13-16(2)3/h16-17H,11-15H2,1-10H3. The molecule has 0 aliphatic rings. The van der Waals surface area contributed by atoms with Gasteiger partial charge in [0.1, 0.15) is 0 Å². The van der Waals surface area contributed by atoms with E-state index in [0.29, 0.717) is 5.92 Å². The molecule has 0 rings (SSSR count). The summed E-state index contributed by atoms with van der Waals surface area (Å²) in [7, 11) is -6.59. The van der Waals surface area contributed by atoms with Crippen molar-refractivity contribution in [2.45, 2.75) is 86.2 Å². The molecule has 146 valence electrons. The van der Waals surface area contributed by atoms with Crippen molar-refractivity contribution in [2.75, 3.05) is 13.2 Å². The summed E-state index contributed by atoms with van der Waals surface area (Å²) in [6.07, 6.45) is 3.43. The van der Waals surface area contributed by atoms with E-state index in [1.54, 1.807) is 0 Å². The van der Waals surface area contributed by atoms with Crippen LogP contribution in [0.25, 0.3) is 0 Å². The summed E-state index contributed by atoms with van der Waals surface area (Å²) >= 11 is 0. The molecule has 0 amide bonds. The molecule has 24 heavy (non-hydrogen) atoms. The van der Waals surface area contributed by atoms with Crippen LogP contribution in [0.2, 0.25) is 39.3 Å². The van der Waals surface area contributed by atoms with Gasteiger partial charge in [0.15, 0.2) is 0 Å². The number of hydrogen-bond donors (Lipinski definition) is 0. The van der Waals surface area contributed by atoms with E-state index in [4.69, 9.17) is 17.1 Å². The lowest BCUT2D eigenvalue weighted by Gasteiger charge is -2.37. The summed E-state index contributed by atoms with van der Waals surface area (Å²) < 4.78 is 25.0. The minimum atomic E-state index is -2.26. The van der Waals surface area contributed by atoms with Crippen LogP contribution in [0, 0.1) is 11.8 Å². The first kappa shape index (κ1) is 24.5. The topological polar surface area (TPSA) is 36.9 Å². The maximum atomic E-state index is 6.39. The second-order valence-corrected chi connectivity index (χ2v) is 19.2. The van der Waals surface area contributed by atoms with Crippen LogP contribution >= 0.6 is 0 Å². The molecule has 0 aromatic rings. The second-order valence-electron chi connectivity index (χ2n) is 8.61. The second kappa shape index (κ2) is 10.6. The van der Waals surface area contributed by atoms with Gasteiger partial charge in [-0.2, -0.15) is 0 Å². The lowest BCUT2D eigenvalue weighted by Crippen LogP contribution is -2.54. The fraction of sp³-hybridized carbons (Fsp3) is 1.00. The first-order chi connectivity index (χ1) is 10.8. The summed E-state index contributed by atoms with van der Waals surface area (Å²) in [5.41, 5.74) is 0. The van der Waals surface area contributed by atoms with Gasteiger partial charge in [-0.1, -0.05) is 34.1 Å². The molecular weight excluding hydrogens is 352 g/mol. The molecular formula is C17H42O4Si3. The van der Waals surface area contributed by atoms with Crippen LogP contribution in [-0.2, 0) is 17.1 Å². The van der Waals surface area contributed by atoms with E-state index < -0.39 is 25.7 Å². The zero-order chi connectivity index (χ0) is 19.0. The molecule has 0 radical (unpaired) electrons. The Bertz CT molecular complexity index is 347. The number of hydrogen-bond acceptors (Lipinski definition) is 4. The predicted molar refractivity (Wildman–Crippen MR) is 110 cm³/mol. The summed E-state index contributed by atoms with van der Waals surface area (Å²) in [5, 5.41) is 0. The normalized spacial score (nSPS) is 15.1. The first-order valence-electron chi connectivity index (χ1n) is 9.47. The fourth-order valence-corrected chi connectivity index (χ4v) is 14.3. The average molecular weight is 395 g/mol. The van der Waals surface area contributed by atoms with Crippen LogP contribution in [-0.4, -0.2) is 38.9 Å². The maximum absolute atomic E-state index is 6.39. The lowest BCUT2D eigenvalue weighted by atomic mass is 10.1. The summed E-state index contributed by atoms with van der Waals surface area (Å²) in [4.78, 5) is 0. The minimum Gasteiger partial charge on any atom is -0.415 e. The molecule has 4 nitrogen and oxygen atoms in total. The molecule has 0 spiro atoms. The predicted octanol–water partition coefficient (Wildman–Crippen LogP) is 5.64. The van der Waals surface area contributed by atoms with E-state index in [-0.39, 0.29) is 0 Å². The maximum Gasteiger partial charge on any atom is 0.322 e. The molecule has 7 heteroatoms. The zero-order valence-electron chi connectivity index (χ0n) is 17.8. The largest absolute Gasteiger partial charge is 0.415 e.